The quantitative estimate of drug-likeness (QED) is 0.833. The average molecular weight is 335 g/mol. The van der Waals surface area contributed by atoms with Crippen LogP contribution in [0.15, 0.2) is 48.5 Å². The molecular formula is C19H20F3NO. The maximum Gasteiger partial charge on any atom is 0.416 e. The molecule has 0 bridgehead atoms. The minimum absolute atomic E-state index is 0.120. The second-order valence-electron chi connectivity index (χ2n) is 5.93. The maximum atomic E-state index is 12.6. The van der Waals surface area contributed by atoms with Gasteiger partial charge in [0.05, 0.1) is 5.56 Å². The third-order valence-electron chi connectivity index (χ3n) is 4.04. The van der Waals surface area contributed by atoms with Gasteiger partial charge in [0.15, 0.2) is 0 Å². The normalized spacial score (nSPS) is 12.7. The molecule has 0 aliphatic heterocycles. The van der Waals surface area contributed by atoms with Crippen LogP contribution in [-0.2, 0) is 17.5 Å². The van der Waals surface area contributed by atoms with Gasteiger partial charge in [0.2, 0.25) is 5.91 Å². The zero-order valence-electron chi connectivity index (χ0n) is 13.7. The van der Waals surface area contributed by atoms with Crippen LogP contribution in [0.25, 0.3) is 0 Å². The molecule has 2 rings (SSSR count). The van der Waals surface area contributed by atoms with Gasteiger partial charge in [-0.15, -0.1) is 0 Å². The highest BCUT2D eigenvalue weighted by atomic mass is 19.4. The molecule has 128 valence electrons. The van der Waals surface area contributed by atoms with Crippen LogP contribution in [0.2, 0.25) is 0 Å². The summed E-state index contributed by atoms with van der Waals surface area (Å²) in [5.41, 5.74) is 2.19. The Labute approximate surface area is 139 Å². The number of carbonyl (C=O) groups excluding carboxylic acids is 1. The largest absolute Gasteiger partial charge is 0.416 e. The summed E-state index contributed by atoms with van der Waals surface area (Å²) < 4.78 is 37.7. The summed E-state index contributed by atoms with van der Waals surface area (Å²) in [6.07, 6.45) is -4.11. The van der Waals surface area contributed by atoms with Gasteiger partial charge >= 0.3 is 6.18 Å². The monoisotopic (exact) mass is 335 g/mol. The zero-order valence-corrected chi connectivity index (χ0v) is 13.7. The molecule has 0 saturated carbocycles. The van der Waals surface area contributed by atoms with Crippen molar-refractivity contribution in [1.82, 2.24) is 5.32 Å². The highest BCUT2D eigenvalue weighted by molar-refractivity contribution is 5.76. The second kappa shape index (κ2) is 7.51. The van der Waals surface area contributed by atoms with E-state index in [1.165, 1.54) is 12.1 Å². The van der Waals surface area contributed by atoms with Crippen LogP contribution in [0.5, 0.6) is 0 Å². The fraction of sp³-hybridized carbons (Fsp3) is 0.316. The standard InChI is InChI=1S/C19H20F3NO/c1-13-5-3-4-6-16(13)12-23-18(24)11-14(2)15-7-9-17(10-8-15)19(20,21)22/h3-10,14H,11-12H2,1-2H3,(H,23,24). The number of benzene rings is 2. The van der Waals surface area contributed by atoms with Gasteiger partial charge in [0, 0.05) is 13.0 Å². The first-order valence-electron chi connectivity index (χ1n) is 7.75. The number of hydrogen-bond donors (Lipinski definition) is 1. The molecule has 2 aromatic carbocycles. The van der Waals surface area contributed by atoms with E-state index in [-0.39, 0.29) is 18.2 Å². The van der Waals surface area contributed by atoms with E-state index in [4.69, 9.17) is 0 Å². The molecule has 1 unspecified atom stereocenters. The molecular weight excluding hydrogens is 315 g/mol. The summed E-state index contributed by atoms with van der Waals surface area (Å²) in [5, 5.41) is 2.86. The van der Waals surface area contributed by atoms with Crippen molar-refractivity contribution in [2.45, 2.75) is 38.9 Å². The van der Waals surface area contributed by atoms with Crippen LogP contribution in [0, 0.1) is 6.92 Å². The maximum absolute atomic E-state index is 12.6. The lowest BCUT2D eigenvalue weighted by atomic mass is 9.96. The van der Waals surface area contributed by atoms with Gasteiger partial charge in [0.1, 0.15) is 0 Å². The summed E-state index contributed by atoms with van der Waals surface area (Å²) in [7, 11) is 0. The van der Waals surface area contributed by atoms with Crippen molar-refractivity contribution >= 4 is 5.91 Å². The van der Waals surface area contributed by atoms with Crippen molar-refractivity contribution in [3.8, 4) is 0 Å². The molecule has 5 heteroatoms. The number of aryl methyl sites for hydroxylation is 1. The Bertz CT molecular complexity index is 693. The summed E-state index contributed by atoms with van der Waals surface area (Å²) in [6, 6.07) is 12.8. The van der Waals surface area contributed by atoms with E-state index in [9.17, 15) is 18.0 Å². The highest BCUT2D eigenvalue weighted by Crippen LogP contribution is 2.30. The van der Waals surface area contributed by atoms with Crippen molar-refractivity contribution in [3.05, 3.63) is 70.8 Å². The number of carbonyl (C=O) groups is 1. The number of rotatable bonds is 5. The smallest absolute Gasteiger partial charge is 0.352 e. The first-order chi connectivity index (χ1) is 11.3. The third-order valence-corrected chi connectivity index (χ3v) is 4.04. The Morgan fingerprint density at radius 1 is 1.08 bits per heavy atom. The average Bonchev–Trinajstić information content (AvgIpc) is 2.53. The van der Waals surface area contributed by atoms with Crippen LogP contribution < -0.4 is 5.32 Å². The first-order valence-corrected chi connectivity index (χ1v) is 7.75. The Hall–Kier alpha value is -2.30. The van der Waals surface area contributed by atoms with Crippen LogP contribution in [0.3, 0.4) is 0 Å². The molecule has 0 radical (unpaired) electrons. The lowest BCUT2D eigenvalue weighted by molar-refractivity contribution is -0.137. The summed E-state index contributed by atoms with van der Waals surface area (Å²) in [5.74, 6) is -0.269. The molecule has 1 amide bonds. The summed E-state index contributed by atoms with van der Waals surface area (Å²) in [6.45, 7) is 4.26. The SMILES string of the molecule is Cc1ccccc1CNC(=O)CC(C)c1ccc(C(F)(F)F)cc1. The van der Waals surface area contributed by atoms with E-state index in [2.05, 4.69) is 5.32 Å². The minimum atomic E-state index is -4.34. The first kappa shape index (κ1) is 18.0. The van der Waals surface area contributed by atoms with Gasteiger partial charge in [-0.05, 0) is 41.7 Å². The van der Waals surface area contributed by atoms with Gasteiger partial charge < -0.3 is 5.32 Å². The van der Waals surface area contributed by atoms with Gasteiger partial charge in [-0.2, -0.15) is 13.2 Å². The summed E-state index contributed by atoms with van der Waals surface area (Å²) >= 11 is 0. The van der Waals surface area contributed by atoms with Crippen LogP contribution >= 0.6 is 0 Å². The second-order valence-corrected chi connectivity index (χ2v) is 5.93. The molecule has 24 heavy (non-hydrogen) atoms. The molecule has 0 spiro atoms. The Kier molecular flexibility index (Phi) is 5.65. The Morgan fingerprint density at radius 3 is 2.29 bits per heavy atom. The molecule has 0 aliphatic rings. The number of amides is 1. The van der Waals surface area contributed by atoms with Gasteiger partial charge in [-0.1, -0.05) is 43.3 Å². The van der Waals surface area contributed by atoms with E-state index in [1.807, 2.05) is 38.1 Å². The molecule has 1 N–H and O–H groups in total. The van der Waals surface area contributed by atoms with E-state index in [1.54, 1.807) is 0 Å². The predicted molar refractivity (Wildman–Crippen MR) is 87.5 cm³/mol. The fourth-order valence-electron chi connectivity index (χ4n) is 2.47. The van der Waals surface area contributed by atoms with Gasteiger partial charge in [0.25, 0.3) is 0 Å². The number of hydrogen-bond acceptors (Lipinski definition) is 1. The van der Waals surface area contributed by atoms with Gasteiger partial charge in [-0.3, -0.25) is 4.79 Å². The third kappa shape index (κ3) is 4.85. The summed E-state index contributed by atoms with van der Waals surface area (Å²) in [4.78, 5) is 12.0. The minimum Gasteiger partial charge on any atom is -0.352 e. The van der Waals surface area contributed by atoms with Crippen LogP contribution in [0.4, 0.5) is 13.2 Å². The number of alkyl halides is 3. The Balaban J connectivity index is 1.90. The molecule has 1 atom stereocenters. The molecule has 0 fully saturated rings. The molecule has 0 heterocycles. The van der Waals surface area contributed by atoms with Crippen LogP contribution in [0.1, 0.15) is 41.5 Å². The predicted octanol–water partition coefficient (Wildman–Crippen LogP) is 4.82. The molecule has 0 aromatic heterocycles. The highest BCUT2D eigenvalue weighted by Gasteiger charge is 2.30. The van der Waals surface area contributed by atoms with Crippen molar-refractivity contribution < 1.29 is 18.0 Å². The topological polar surface area (TPSA) is 29.1 Å². The Morgan fingerprint density at radius 2 is 1.71 bits per heavy atom. The fourth-order valence-corrected chi connectivity index (χ4v) is 2.47. The molecule has 0 aliphatic carbocycles. The van der Waals surface area contributed by atoms with E-state index < -0.39 is 11.7 Å². The van der Waals surface area contributed by atoms with Crippen LogP contribution in [-0.4, -0.2) is 5.91 Å². The number of nitrogens with one attached hydrogen (secondary N) is 1. The number of halogens is 3. The van der Waals surface area contributed by atoms with Crippen molar-refractivity contribution in [3.63, 3.8) is 0 Å². The van der Waals surface area contributed by atoms with E-state index >= 15 is 0 Å². The zero-order chi connectivity index (χ0) is 17.7. The molecule has 2 aromatic rings. The molecule has 0 saturated heterocycles. The lowest BCUT2D eigenvalue weighted by Gasteiger charge is -2.14. The van der Waals surface area contributed by atoms with E-state index in [0.29, 0.717) is 12.1 Å². The van der Waals surface area contributed by atoms with E-state index in [0.717, 1.165) is 23.3 Å². The van der Waals surface area contributed by atoms with Crippen molar-refractivity contribution in [1.29, 1.82) is 0 Å². The van der Waals surface area contributed by atoms with Gasteiger partial charge in [-0.25, -0.2) is 0 Å². The van der Waals surface area contributed by atoms with Crippen molar-refractivity contribution in [2.75, 3.05) is 0 Å². The lowest BCUT2D eigenvalue weighted by Crippen LogP contribution is -2.24. The van der Waals surface area contributed by atoms with Crippen molar-refractivity contribution in [2.24, 2.45) is 0 Å². The molecule has 2 nitrogen and oxygen atoms in total.